The summed E-state index contributed by atoms with van der Waals surface area (Å²) in [6.07, 6.45) is 2.32. The van der Waals surface area contributed by atoms with Gasteiger partial charge in [-0.3, -0.25) is 14.9 Å². The summed E-state index contributed by atoms with van der Waals surface area (Å²) in [4.78, 5) is 38.3. The van der Waals surface area contributed by atoms with Crippen LogP contribution in [-0.4, -0.2) is 25.0 Å². The summed E-state index contributed by atoms with van der Waals surface area (Å²) < 4.78 is 5.22. The van der Waals surface area contributed by atoms with Gasteiger partial charge < -0.3 is 4.74 Å². The summed E-state index contributed by atoms with van der Waals surface area (Å²) in [5, 5.41) is 2.23. The van der Waals surface area contributed by atoms with Crippen LogP contribution in [0.5, 0.6) is 5.75 Å². The third kappa shape index (κ3) is 3.60. The molecule has 4 amide bonds. The smallest absolute Gasteiger partial charge is 0.335 e. The molecule has 3 rings (SSSR count). The number of nitrogens with zero attached hydrogens (tertiary/aromatic N) is 1. The van der Waals surface area contributed by atoms with Crippen molar-refractivity contribution in [3.63, 3.8) is 0 Å². The van der Waals surface area contributed by atoms with Gasteiger partial charge in [-0.15, -0.1) is 0 Å². The fourth-order valence-corrected chi connectivity index (χ4v) is 2.93. The van der Waals surface area contributed by atoms with Gasteiger partial charge in [0, 0.05) is 0 Å². The first-order valence-electron chi connectivity index (χ1n) is 8.59. The van der Waals surface area contributed by atoms with E-state index < -0.39 is 17.8 Å². The molecule has 138 valence electrons. The number of hydrogen-bond acceptors (Lipinski definition) is 4. The predicted octanol–water partition coefficient (Wildman–Crippen LogP) is 3.23. The highest BCUT2D eigenvalue weighted by Gasteiger charge is 2.36. The molecule has 1 N–H and O–H groups in total. The van der Waals surface area contributed by atoms with Gasteiger partial charge in [0.2, 0.25) is 0 Å². The van der Waals surface area contributed by atoms with E-state index in [1.807, 2.05) is 32.0 Å². The van der Waals surface area contributed by atoms with E-state index in [9.17, 15) is 14.4 Å². The van der Waals surface area contributed by atoms with Crippen LogP contribution < -0.4 is 15.0 Å². The fraction of sp³-hybridized carbons (Fsp3) is 0.190. The van der Waals surface area contributed by atoms with Crippen molar-refractivity contribution < 1.29 is 19.1 Å². The van der Waals surface area contributed by atoms with Crippen LogP contribution in [0.1, 0.15) is 23.6 Å². The molecule has 6 heteroatoms. The zero-order valence-corrected chi connectivity index (χ0v) is 15.4. The number of carbonyl (C=O) groups is 3. The second-order valence-corrected chi connectivity index (χ2v) is 6.21. The second kappa shape index (κ2) is 7.45. The molecule has 2 aromatic carbocycles. The van der Waals surface area contributed by atoms with Crippen LogP contribution in [0.2, 0.25) is 0 Å². The van der Waals surface area contributed by atoms with Crippen molar-refractivity contribution >= 4 is 29.6 Å². The molecule has 0 radical (unpaired) electrons. The van der Waals surface area contributed by atoms with Crippen molar-refractivity contribution in [2.45, 2.75) is 20.3 Å². The Bertz CT molecular complexity index is 945. The number of urea groups is 1. The molecule has 0 bridgehead atoms. The van der Waals surface area contributed by atoms with E-state index in [2.05, 4.69) is 5.32 Å². The summed E-state index contributed by atoms with van der Waals surface area (Å²) in [5.74, 6) is -0.647. The third-order valence-electron chi connectivity index (χ3n) is 4.43. The van der Waals surface area contributed by atoms with Crippen LogP contribution >= 0.6 is 0 Å². The Morgan fingerprint density at radius 1 is 1.07 bits per heavy atom. The van der Waals surface area contributed by atoms with Crippen LogP contribution in [0.3, 0.4) is 0 Å². The van der Waals surface area contributed by atoms with Crippen molar-refractivity contribution in [3.8, 4) is 5.75 Å². The Hall–Kier alpha value is -3.41. The average Bonchev–Trinajstić information content (AvgIpc) is 2.65. The van der Waals surface area contributed by atoms with Crippen molar-refractivity contribution in [1.82, 2.24) is 5.32 Å². The lowest BCUT2D eigenvalue weighted by atomic mass is 10.0. The predicted molar refractivity (Wildman–Crippen MR) is 103 cm³/mol. The lowest BCUT2D eigenvalue weighted by molar-refractivity contribution is -0.122. The highest BCUT2D eigenvalue weighted by Crippen LogP contribution is 2.24. The molecular weight excluding hydrogens is 344 g/mol. The van der Waals surface area contributed by atoms with E-state index in [-0.39, 0.29) is 5.57 Å². The van der Waals surface area contributed by atoms with E-state index in [0.29, 0.717) is 17.0 Å². The van der Waals surface area contributed by atoms with E-state index >= 15 is 0 Å². The fourth-order valence-electron chi connectivity index (χ4n) is 2.93. The molecule has 1 saturated heterocycles. The minimum Gasteiger partial charge on any atom is -0.496 e. The summed E-state index contributed by atoms with van der Waals surface area (Å²) in [7, 11) is 1.58. The number of carbonyl (C=O) groups excluding carboxylic acids is 3. The minimum atomic E-state index is -0.752. The molecule has 0 saturated carbocycles. The number of ether oxygens (including phenoxy) is 1. The van der Waals surface area contributed by atoms with Gasteiger partial charge in [-0.2, -0.15) is 0 Å². The number of rotatable bonds is 4. The van der Waals surface area contributed by atoms with Crippen LogP contribution in [0.25, 0.3) is 6.08 Å². The molecule has 1 fully saturated rings. The van der Waals surface area contributed by atoms with E-state index in [0.717, 1.165) is 22.4 Å². The van der Waals surface area contributed by atoms with Gasteiger partial charge >= 0.3 is 6.03 Å². The van der Waals surface area contributed by atoms with Crippen molar-refractivity contribution in [3.05, 3.63) is 64.7 Å². The molecule has 0 aromatic heterocycles. The summed E-state index contributed by atoms with van der Waals surface area (Å²) in [6, 6.07) is 11.7. The van der Waals surface area contributed by atoms with Crippen LogP contribution in [-0.2, 0) is 16.0 Å². The lowest BCUT2D eigenvalue weighted by Gasteiger charge is -2.26. The maximum absolute atomic E-state index is 12.9. The molecule has 6 nitrogen and oxygen atoms in total. The summed E-state index contributed by atoms with van der Waals surface area (Å²) in [6.45, 7) is 3.89. The number of methoxy groups -OCH3 is 1. The molecule has 0 atom stereocenters. The molecule has 1 heterocycles. The zero-order chi connectivity index (χ0) is 19.6. The molecule has 0 unspecified atom stereocenters. The number of amides is 4. The van der Waals surface area contributed by atoms with Gasteiger partial charge in [-0.1, -0.05) is 25.1 Å². The summed E-state index contributed by atoms with van der Waals surface area (Å²) in [5.41, 5.74) is 2.95. The quantitative estimate of drug-likeness (QED) is 0.668. The molecule has 1 aliphatic heterocycles. The largest absolute Gasteiger partial charge is 0.496 e. The topological polar surface area (TPSA) is 75.7 Å². The van der Waals surface area contributed by atoms with Crippen molar-refractivity contribution in [1.29, 1.82) is 0 Å². The minimum absolute atomic E-state index is 0.0984. The van der Waals surface area contributed by atoms with Gasteiger partial charge in [0.1, 0.15) is 11.3 Å². The van der Waals surface area contributed by atoms with E-state index in [4.69, 9.17) is 4.74 Å². The van der Waals surface area contributed by atoms with Gasteiger partial charge in [0.15, 0.2) is 0 Å². The number of imide groups is 2. The number of anilines is 1. The molecule has 0 aliphatic carbocycles. The van der Waals surface area contributed by atoms with E-state index in [1.165, 1.54) is 6.08 Å². The van der Waals surface area contributed by atoms with Crippen LogP contribution in [0.4, 0.5) is 10.5 Å². The normalized spacial score (nSPS) is 15.9. The number of aryl methyl sites for hydroxylation is 2. The second-order valence-electron chi connectivity index (χ2n) is 6.21. The van der Waals surface area contributed by atoms with Crippen molar-refractivity contribution in [2.75, 3.05) is 12.0 Å². The highest BCUT2D eigenvalue weighted by atomic mass is 16.5. The number of barbiturate groups is 1. The first-order valence-corrected chi connectivity index (χ1v) is 8.59. The first kappa shape index (κ1) is 18.4. The van der Waals surface area contributed by atoms with E-state index in [1.54, 1.807) is 31.4 Å². The monoisotopic (exact) mass is 364 g/mol. The first-order chi connectivity index (χ1) is 12.9. The Morgan fingerprint density at radius 2 is 1.78 bits per heavy atom. The molecule has 0 spiro atoms. The Balaban J connectivity index is 1.97. The Kier molecular flexibility index (Phi) is 5.07. The zero-order valence-electron chi connectivity index (χ0n) is 15.4. The lowest BCUT2D eigenvalue weighted by Crippen LogP contribution is -2.54. The number of benzene rings is 2. The highest BCUT2D eigenvalue weighted by molar-refractivity contribution is 6.39. The maximum atomic E-state index is 12.9. The van der Waals surface area contributed by atoms with Gasteiger partial charge in [0.05, 0.1) is 12.8 Å². The van der Waals surface area contributed by atoms with Crippen molar-refractivity contribution in [2.24, 2.45) is 0 Å². The molecule has 27 heavy (non-hydrogen) atoms. The Morgan fingerprint density at radius 3 is 2.37 bits per heavy atom. The molecular formula is C21H20N2O4. The van der Waals surface area contributed by atoms with Crippen LogP contribution in [0, 0.1) is 6.92 Å². The average molecular weight is 364 g/mol. The van der Waals surface area contributed by atoms with Gasteiger partial charge in [0.25, 0.3) is 11.8 Å². The van der Waals surface area contributed by atoms with Gasteiger partial charge in [-0.05, 0) is 60.4 Å². The Labute approximate surface area is 157 Å². The maximum Gasteiger partial charge on any atom is 0.335 e. The number of hydrogen-bond donors (Lipinski definition) is 1. The van der Waals surface area contributed by atoms with Gasteiger partial charge in [-0.25, -0.2) is 9.69 Å². The SMILES string of the molecule is CCc1ccc(N2C(=O)NC(=O)/C(=C/c3ccc(OC)c(C)c3)C2=O)cc1. The number of nitrogens with one attached hydrogen (secondary N) is 1. The molecule has 1 aliphatic rings. The standard InChI is InChI=1S/C21H20N2O4/c1-4-14-5-8-16(9-6-14)23-20(25)17(19(24)22-21(23)26)12-15-7-10-18(27-3)13(2)11-15/h5-12H,4H2,1-3H3,(H,22,24,26)/b17-12-. The third-order valence-corrected chi connectivity index (χ3v) is 4.43. The summed E-state index contributed by atoms with van der Waals surface area (Å²) >= 11 is 0. The molecule has 2 aromatic rings. The van der Waals surface area contributed by atoms with Crippen LogP contribution in [0.15, 0.2) is 48.0 Å².